The molecule has 0 aliphatic carbocycles. The molecular weight excluding hydrogens is 453 g/mol. The van der Waals surface area contributed by atoms with Gasteiger partial charge in [-0.3, -0.25) is 9.59 Å². The van der Waals surface area contributed by atoms with Crippen molar-refractivity contribution >= 4 is 55.5 Å². The van der Waals surface area contributed by atoms with Crippen molar-refractivity contribution in [3.05, 3.63) is 67.0 Å². The molecule has 0 bridgehead atoms. The average Bonchev–Trinajstić information content (AvgIpc) is 3.21. The topological polar surface area (TPSA) is 71.1 Å². The van der Waals surface area contributed by atoms with Crippen LogP contribution in [0.1, 0.15) is 25.8 Å². The van der Waals surface area contributed by atoms with E-state index in [0.717, 1.165) is 19.9 Å². The number of anilines is 1. The van der Waals surface area contributed by atoms with Gasteiger partial charge in [-0.1, -0.05) is 12.1 Å². The van der Waals surface area contributed by atoms with Crippen LogP contribution in [0.4, 0.5) is 9.52 Å². The van der Waals surface area contributed by atoms with Crippen molar-refractivity contribution in [2.75, 3.05) is 11.9 Å². The van der Waals surface area contributed by atoms with E-state index in [0.29, 0.717) is 16.4 Å². The van der Waals surface area contributed by atoms with Crippen LogP contribution in [0.3, 0.4) is 0 Å². The van der Waals surface area contributed by atoms with E-state index in [-0.39, 0.29) is 24.2 Å². The number of halogens is 2. The van der Waals surface area contributed by atoms with Crippen molar-refractivity contribution < 1.29 is 14.0 Å². The maximum atomic E-state index is 13.0. The minimum absolute atomic E-state index is 0.139. The number of thiazole rings is 1. The van der Waals surface area contributed by atoms with Crippen LogP contribution >= 0.6 is 38.6 Å². The smallest absolute Gasteiger partial charge is 0.261 e. The SMILES string of the molecule is Cc1nc(NC(=O)CNC(=O)c2ccc(Br)s2)sc1Cc1ccc(F)cc1. The van der Waals surface area contributed by atoms with Crippen LogP contribution in [-0.2, 0) is 11.2 Å². The minimum Gasteiger partial charge on any atom is -0.342 e. The third-order valence-electron chi connectivity index (χ3n) is 3.62. The summed E-state index contributed by atoms with van der Waals surface area (Å²) in [4.78, 5) is 29.9. The zero-order valence-electron chi connectivity index (χ0n) is 14.2. The predicted molar refractivity (Wildman–Crippen MR) is 109 cm³/mol. The highest BCUT2D eigenvalue weighted by atomic mass is 79.9. The summed E-state index contributed by atoms with van der Waals surface area (Å²) in [6.45, 7) is 1.72. The van der Waals surface area contributed by atoms with Gasteiger partial charge in [0.2, 0.25) is 5.91 Å². The van der Waals surface area contributed by atoms with E-state index in [9.17, 15) is 14.0 Å². The van der Waals surface area contributed by atoms with E-state index in [1.165, 1.54) is 34.8 Å². The standard InChI is InChI=1S/C18H15BrFN3O2S2/c1-10-14(8-11-2-4-12(20)5-3-11)27-18(22-10)23-16(24)9-21-17(25)13-6-7-15(19)26-13/h2-7H,8-9H2,1H3,(H,21,25)(H,22,23,24). The number of aryl methyl sites for hydroxylation is 1. The first-order valence-electron chi connectivity index (χ1n) is 7.95. The van der Waals surface area contributed by atoms with E-state index < -0.39 is 0 Å². The highest BCUT2D eigenvalue weighted by Gasteiger charge is 2.13. The van der Waals surface area contributed by atoms with E-state index in [1.807, 2.05) is 6.92 Å². The van der Waals surface area contributed by atoms with Gasteiger partial charge in [0.05, 0.1) is 20.9 Å². The van der Waals surface area contributed by atoms with Gasteiger partial charge < -0.3 is 10.6 Å². The lowest BCUT2D eigenvalue weighted by atomic mass is 10.1. The first kappa shape index (κ1) is 19.7. The quantitative estimate of drug-likeness (QED) is 0.565. The number of aromatic nitrogens is 1. The number of nitrogens with zero attached hydrogens (tertiary/aromatic N) is 1. The van der Waals surface area contributed by atoms with Crippen molar-refractivity contribution in [2.45, 2.75) is 13.3 Å². The first-order chi connectivity index (χ1) is 12.9. The van der Waals surface area contributed by atoms with Crippen molar-refractivity contribution in [1.29, 1.82) is 0 Å². The Kier molecular flexibility index (Phi) is 6.35. The summed E-state index contributed by atoms with van der Waals surface area (Å²) in [5.74, 6) is -0.918. The van der Waals surface area contributed by atoms with E-state index in [1.54, 1.807) is 24.3 Å². The van der Waals surface area contributed by atoms with E-state index >= 15 is 0 Å². The highest BCUT2D eigenvalue weighted by molar-refractivity contribution is 9.11. The molecule has 0 aliphatic heterocycles. The largest absolute Gasteiger partial charge is 0.342 e. The second-order valence-electron chi connectivity index (χ2n) is 5.67. The Labute approximate surface area is 171 Å². The number of hydrogen-bond donors (Lipinski definition) is 2. The normalized spacial score (nSPS) is 10.6. The summed E-state index contributed by atoms with van der Waals surface area (Å²) < 4.78 is 13.9. The Hall–Kier alpha value is -2.10. The van der Waals surface area contributed by atoms with Crippen molar-refractivity contribution in [2.24, 2.45) is 0 Å². The number of nitrogens with one attached hydrogen (secondary N) is 2. The molecule has 2 amide bonds. The van der Waals surface area contributed by atoms with Crippen molar-refractivity contribution in [3.8, 4) is 0 Å². The molecule has 0 unspecified atom stereocenters. The molecule has 0 saturated heterocycles. The number of carbonyl (C=O) groups is 2. The van der Waals surface area contributed by atoms with Crippen LogP contribution in [0.2, 0.25) is 0 Å². The number of rotatable bonds is 6. The predicted octanol–water partition coefficient (Wildman–Crippen LogP) is 4.37. The van der Waals surface area contributed by atoms with E-state index in [2.05, 4.69) is 31.5 Å². The molecule has 0 saturated carbocycles. The summed E-state index contributed by atoms with van der Waals surface area (Å²) in [5, 5.41) is 5.75. The Morgan fingerprint density at radius 3 is 2.56 bits per heavy atom. The number of benzene rings is 1. The van der Waals surface area contributed by atoms with Crippen molar-refractivity contribution in [1.82, 2.24) is 10.3 Å². The second kappa shape index (κ2) is 8.73. The molecule has 0 fully saturated rings. The number of carbonyl (C=O) groups excluding carboxylic acids is 2. The molecule has 27 heavy (non-hydrogen) atoms. The summed E-state index contributed by atoms with van der Waals surface area (Å²) in [6.07, 6.45) is 0.615. The Morgan fingerprint density at radius 2 is 1.89 bits per heavy atom. The Balaban J connectivity index is 1.55. The fourth-order valence-electron chi connectivity index (χ4n) is 2.28. The fourth-order valence-corrected chi connectivity index (χ4v) is 4.60. The molecule has 3 rings (SSSR count). The van der Waals surface area contributed by atoms with Crippen LogP contribution in [0.15, 0.2) is 40.2 Å². The van der Waals surface area contributed by atoms with Gasteiger partial charge in [-0.2, -0.15) is 0 Å². The van der Waals surface area contributed by atoms with Crippen LogP contribution in [-0.4, -0.2) is 23.3 Å². The van der Waals surface area contributed by atoms with E-state index in [4.69, 9.17) is 0 Å². The molecule has 5 nitrogen and oxygen atoms in total. The average molecular weight is 468 g/mol. The number of thiophene rings is 1. The monoisotopic (exact) mass is 467 g/mol. The Morgan fingerprint density at radius 1 is 1.15 bits per heavy atom. The van der Waals surface area contributed by atoms with Gasteiger partial charge in [0, 0.05) is 11.3 Å². The molecule has 2 N–H and O–H groups in total. The molecule has 2 heterocycles. The van der Waals surface area contributed by atoms with Gasteiger partial charge in [0.25, 0.3) is 5.91 Å². The lowest BCUT2D eigenvalue weighted by Crippen LogP contribution is -2.32. The third kappa shape index (κ3) is 5.44. The van der Waals surface area contributed by atoms with Gasteiger partial charge in [-0.05, 0) is 52.7 Å². The van der Waals surface area contributed by atoms with Gasteiger partial charge >= 0.3 is 0 Å². The molecule has 140 valence electrons. The van der Waals surface area contributed by atoms with Crippen LogP contribution in [0, 0.1) is 12.7 Å². The highest BCUT2D eigenvalue weighted by Crippen LogP contribution is 2.25. The summed E-state index contributed by atoms with van der Waals surface area (Å²) >= 11 is 5.96. The second-order valence-corrected chi connectivity index (χ2v) is 9.21. The zero-order valence-corrected chi connectivity index (χ0v) is 17.4. The summed E-state index contributed by atoms with van der Waals surface area (Å²) in [5.41, 5.74) is 1.78. The van der Waals surface area contributed by atoms with Gasteiger partial charge in [0.15, 0.2) is 5.13 Å². The Bertz CT molecular complexity index is 969. The molecule has 0 radical (unpaired) electrons. The molecule has 3 aromatic rings. The maximum absolute atomic E-state index is 13.0. The lowest BCUT2D eigenvalue weighted by molar-refractivity contribution is -0.115. The van der Waals surface area contributed by atoms with Crippen LogP contribution in [0.5, 0.6) is 0 Å². The van der Waals surface area contributed by atoms with Crippen LogP contribution in [0.25, 0.3) is 0 Å². The fraction of sp³-hybridized carbons (Fsp3) is 0.167. The first-order valence-corrected chi connectivity index (χ1v) is 10.4. The molecule has 0 aliphatic rings. The third-order valence-corrected chi connectivity index (χ3v) is 6.32. The maximum Gasteiger partial charge on any atom is 0.261 e. The number of amides is 2. The van der Waals surface area contributed by atoms with Crippen LogP contribution < -0.4 is 10.6 Å². The molecule has 0 atom stereocenters. The summed E-state index contributed by atoms with van der Waals surface area (Å²) in [7, 11) is 0. The number of hydrogen-bond acceptors (Lipinski definition) is 5. The van der Waals surface area contributed by atoms with Gasteiger partial charge in [-0.25, -0.2) is 9.37 Å². The molecule has 1 aromatic carbocycles. The molecule has 9 heteroatoms. The molecule has 2 aromatic heterocycles. The zero-order chi connectivity index (χ0) is 19.4. The minimum atomic E-state index is -0.346. The molecule has 0 spiro atoms. The van der Waals surface area contributed by atoms with Crippen molar-refractivity contribution in [3.63, 3.8) is 0 Å². The van der Waals surface area contributed by atoms with Gasteiger partial charge in [0.1, 0.15) is 5.82 Å². The summed E-state index contributed by atoms with van der Waals surface area (Å²) in [6, 6.07) is 9.76. The lowest BCUT2D eigenvalue weighted by Gasteiger charge is -2.03. The van der Waals surface area contributed by atoms with Gasteiger partial charge in [-0.15, -0.1) is 22.7 Å². The molecular formula is C18H15BrFN3O2S2.